The summed E-state index contributed by atoms with van der Waals surface area (Å²) in [5.74, 6) is 0.587. The van der Waals surface area contributed by atoms with Gasteiger partial charge >= 0.3 is 0 Å². The van der Waals surface area contributed by atoms with Crippen molar-refractivity contribution in [3.05, 3.63) is 47.9 Å². The van der Waals surface area contributed by atoms with Crippen molar-refractivity contribution in [1.82, 2.24) is 4.98 Å². The summed E-state index contributed by atoms with van der Waals surface area (Å²) in [7, 11) is 1.55. The van der Waals surface area contributed by atoms with Crippen LogP contribution in [-0.4, -0.2) is 12.1 Å². The molecule has 1 aromatic carbocycles. The fourth-order valence-corrected chi connectivity index (χ4v) is 1.77. The second-order valence-corrected chi connectivity index (χ2v) is 3.80. The first-order chi connectivity index (χ1) is 8.24. The molecule has 2 nitrogen and oxygen atoms in total. The Morgan fingerprint density at radius 3 is 2.53 bits per heavy atom. The zero-order valence-electron chi connectivity index (χ0n) is 9.28. The third kappa shape index (κ3) is 2.56. The van der Waals surface area contributed by atoms with E-state index in [1.807, 2.05) is 6.07 Å². The minimum atomic E-state index is -0.257. The molecule has 0 atom stereocenters. The molecule has 4 heteroatoms. The maximum absolute atomic E-state index is 12.8. The topological polar surface area (TPSA) is 22.1 Å². The predicted octanol–water partition coefficient (Wildman–Crippen LogP) is 3.64. The Morgan fingerprint density at radius 1 is 1.24 bits per heavy atom. The summed E-state index contributed by atoms with van der Waals surface area (Å²) < 4.78 is 17.9. The summed E-state index contributed by atoms with van der Waals surface area (Å²) in [6, 6.07) is 8.14. The molecule has 1 heterocycles. The number of ether oxygens (including phenoxy) is 1. The van der Waals surface area contributed by atoms with Crippen LogP contribution in [0.1, 0.15) is 5.56 Å². The second kappa shape index (κ2) is 5.15. The third-order valence-corrected chi connectivity index (χ3v) is 2.73. The van der Waals surface area contributed by atoms with Crippen molar-refractivity contribution in [1.29, 1.82) is 0 Å². The number of halogens is 2. The van der Waals surface area contributed by atoms with Gasteiger partial charge in [-0.15, -0.1) is 11.6 Å². The highest BCUT2D eigenvalue weighted by Crippen LogP contribution is 2.25. The van der Waals surface area contributed by atoms with E-state index in [9.17, 15) is 4.39 Å². The van der Waals surface area contributed by atoms with Gasteiger partial charge in [-0.3, -0.25) is 0 Å². The fraction of sp³-hybridized carbons (Fsp3) is 0.154. The van der Waals surface area contributed by atoms with Crippen LogP contribution in [0.15, 0.2) is 36.5 Å². The van der Waals surface area contributed by atoms with Crippen LogP contribution in [0.2, 0.25) is 0 Å². The molecule has 0 amide bonds. The van der Waals surface area contributed by atoms with Gasteiger partial charge in [0, 0.05) is 17.3 Å². The summed E-state index contributed by atoms with van der Waals surface area (Å²) in [5.41, 5.74) is 2.60. The molecule has 0 spiro atoms. The largest absolute Gasteiger partial charge is 0.481 e. The van der Waals surface area contributed by atoms with E-state index in [1.54, 1.807) is 25.4 Å². The summed E-state index contributed by atoms with van der Waals surface area (Å²) >= 11 is 5.82. The highest BCUT2D eigenvalue weighted by atomic mass is 35.5. The van der Waals surface area contributed by atoms with Crippen molar-refractivity contribution in [3.63, 3.8) is 0 Å². The molecular weight excluding hydrogens is 241 g/mol. The van der Waals surface area contributed by atoms with Crippen molar-refractivity contribution in [2.75, 3.05) is 7.11 Å². The van der Waals surface area contributed by atoms with Gasteiger partial charge in [0.15, 0.2) is 0 Å². The van der Waals surface area contributed by atoms with E-state index in [2.05, 4.69) is 4.98 Å². The molecule has 0 N–H and O–H groups in total. The summed E-state index contributed by atoms with van der Waals surface area (Å²) in [6.07, 6.45) is 1.68. The Labute approximate surface area is 104 Å². The molecule has 0 saturated carbocycles. The lowest BCUT2D eigenvalue weighted by atomic mass is 10.1. The molecule has 0 saturated heterocycles. The highest BCUT2D eigenvalue weighted by Gasteiger charge is 2.06. The Hall–Kier alpha value is -1.61. The lowest BCUT2D eigenvalue weighted by Crippen LogP contribution is -1.94. The second-order valence-electron chi connectivity index (χ2n) is 3.53. The number of rotatable bonds is 3. The van der Waals surface area contributed by atoms with Gasteiger partial charge in [-0.2, -0.15) is 0 Å². The number of hydrogen-bond donors (Lipinski definition) is 0. The average Bonchev–Trinajstić information content (AvgIpc) is 2.39. The van der Waals surface area contributed by atoms with E-state index in [4.69, 9.17) is 16.3 Å². The van der Waals surface area contributed by atoms with Crippen molar-refractivity contribution >= 4 is 11.6 Å². The molecule has 17 heavy (non-hydrogen) atoms. The zero-order valence-corrected chi connectivity index (χ0v) is 10.0. The van der Waals surface area contributed by atoms with Crippen molar-refractivity contribution < 1.29 is 9.13 Å². The van der Waals surface area contributed by atoms with E-state index in [0.717, 1.165) is 16.7 Å². The third-order valence-electron chi connectivity index (χ3n) is 2.44. The van der Waals surface area contributed by atoms with Gasteiger partial charge in [-0.05, 0) is 23.8 Å². The van der Waals surface area contributed by atoms with Crippen molar-refractivity contribution in [2.24, 2.45) is 0 Å². The van der Waals surface area contributed by atoms with E-state index in [-0.39, 0.29) is 5.82 Å². The number of pyridine rings is 1. The molecule has 0 fully saturated rings. The number of alkyl halides is 1. The van der Waals surface area contributed by atoms with Crippen LogP contribution >= 0.6 is 11.6 Å². The van der Waals surface area contributed by atoms with E-state index in [0.29, 0.717) is 11.8 Å². The van der Waals surface area contributed by atoms with Crippen molar-refractivity contribution in [3.8, 4) is 17.0 Å². The van der Waals surface area contributed by atoms with Crippen LogP contribution in [0, 0.1) is 5.82 Å². The minimum Gasteiger partial charge on any atom is -0.481 e. The Bertz CT molecular complexity index is 513. The monoisotopic (exact) mass is 251 g/mol. The molecule has 88 valence electrons. The number of methoxy groups -OCH3 is 1. The van der Waals surface area contributed by atoms with Gasteiger partial charge in [-0.1, -0.05) is 12.1 Å². The van der Waals surface area contributed by atoms with Gasteiger partial charge in [0.25, 0.3) is 0 Å². The molecule has 0 aliphatic rings. The van der Waals surface area contributed by atoms with E-state index in [1.165, 1.54) is 12.1 Å². The summed E-state index contributed by atoms with van der Waals surface area (Å²) in [6.45, 7) is 0. The molecule has 0 radical (unpaired) electrons. The minimum absolute atomic E-state index is 0.257. The molecule has 0 aliphatic heterocycles. The van der Waals surface area contributed by atoms with Crippen LogP contribution in [0.4, 0.5) is 4.39 Å². The first-order valence-corrected chi connectivity index (χ1v) is 5.63. The zero-order chi connectivity index (χ0) is 12.3. The molecule has 0 unspecified atom stereocenters. The van der Waals surface area contributed by atoms with Gasteiger partial charge in [-0.25, -0.2) is 9.37 Å². The van der Waals surface area contributed by atoms with Crippen LogP contribution in [-0.2, 0) is 5.88 Å². The summed E-state index contributed by atoms with van der Waals surface area (Å²) in [5, 5.41) is 0. The number of hydrogen-bond acceptors (Lipinski definition) is 2. The van der Waals surface area contributed by atoms with Crippen LogP contribution < -0.4 is 4.74 Å². The molecule has 2 rings (SSSR count). The SMILES string of the molecule is COc1ncc(-c2ccc(F)cc2)cc1CCl. The van der Waals surface area contributed by atoms with Crippen LogP contribution in [0.5, 0.6) is 5.88 Å². The average molecular weight is 252 g/mol. The number of benzene rings is 1. The maximum atomic E-state index is 12.8. The highest BCUT2D eigenvalue weighted by molar-refractivity contribution is 6.17. The van der Waals surface area contributed by atoms with Gasteiger partial charge in [0.05, 0.1) is 13.0 Å². The molecular formula is C13H11ClFNO. The lowest BCUT2D eigenvalue weighted by Gasteiger charge is -2.07. The first-order valence-electron chi connectivity index (χ1n) is 5.09. The van der Waals surface area contributed by atoms with Crippen LogP contribution in [0.25, 0.3) is 11.1 Å². The Kier molecular flexibility index (Phi) is 3.59. The molecule has 0 bridgehead atoms. The standard InChI is InChI=1S/C13H11ClFNO/c1-17-13-10(7-14)6-11(8-16-13)9-2-4-12(15)5-3-9/h2-6,8H,7H2,1H3. The van der Waals surface area contributed by atoms with Gasteiger partial charge < -0.3 is 4.74 Å². The lowest BCUT2D eigenvalue weighted by molar-refractivity contribution is 0.394. The molecule has 1 aromatic heterocycles. The van der Waals surface area contributed by atoms with E-state index >= 15 is 0 Å². The van der Waals surface area contributed by atoms with Crippen molar-refractivity contribution in [2.45, 2.75) is 5.88 Å². The fourth-order valence-electron chi connectivity index (χ4n) is 1.58. The normalized spacial score (nSPS) is 10.3. The quantitative estimate of drug-likeness (QED) is 0.777. The number of aromatic nitrogens is 1. The smallest absolute Gasteiger partial charge is 0.217 e. The Morgan fingerprint density at radius 2 is 1.94 bits per heavy atom. The van der Waals surface area contributed by atoms with Gasteiger partial charge in [0.1, 0.15) is 5.82 Å². The predicted molar refractivity (Wildman–Crippen MR) is 65.7 cm³/mol. The molecule has 0 aliphatic carbocycles. The van der Waals surface area contributed by atoms with Gasteiger partial charge in [0.2, 0.25) is 5.88 Å². The first kappa shape index (κ1) is 11.9. The maximum Gasteiger partial charge on any atom is 0.217 e. The Balaban J connectivity index is 2.42. The summed E-state index contributed by atoms with van der Waals surface area (Å²) in [4.78, 5) is 4.17. The number of nitrogens with zero attached hydrogens (tertiary/aromatic N) is 1. The molecule has 2 aromatic rings. The van der Waals surface area contributed by atoms with Crippen LogP contribution in [0.3, 0.4) is 0 Å². The van der Waals surface area contributed by atoms with E-state index < -0.39 is 0 Å².